The molecule has 4 heteroatoms. The standard InChI is InChI=1S/C12H9ClFNO/c13-9-3-1-7(5-10(9)14)8-2-4-11(15)12(16)6-8/h1-6,16H,15H2. The van der Waals surface area contributed by atoms with E-state index >= 15 is 0 Å². The van der Waals surface area contributed by atoms with Crippen LogP contribution in [0.2, 0.25) is 5.02 Å². The number of hydrogen-bond acceptors (Lipinski definition) is 2. The summed E-state index contributed by atoms with van der Waals surface area (Å²) in [5, 5.41) is 9.51. The predicted octanol–water partition coefficient (Wildman–Crippen LogP) is 3.43. The second-order valence-electron chi connectivity index (χ2n) is 3.40. The van der Waals surface area contributed by atoms with E-state index in [9.17, 15) is 9.50 Å². The topological polar surface area (TPSA) is 46.2 Å². The molecular formula is C12H9ClFNO. The van der Waals surface area contributed by atoms with E-state index in [0.717, 1.165) is 0 Å². The summed E-state index contributed by atoms with van der Waals surface area (Å²) < 4.78 is 13.2. The highest BCUT2D eigenvalue weighted by atomic mass is 35.5. The van der Waals surface area contributed by atoms with Gasteiger partial charge in [-0.3, -0.25) is 0 Å². The summed E-state index contributed by atoms with van der Waals surface area (Å²) >= 11 is 5.58. The van der Waals surface area contributed by atoms with Gasteiger partial charge in [0, 0.05) is 0 Å². The average molecular weight is 238 g/mol. The van der Waals surface area contributed by atoms with Crippen LogP contribution in [0, 0.1) is 5.82 Å². The van der Waals surface area contributed by atoms with Crippen LogP contribution in [0.5, 0.6) is 5.75 Å². The lowest BCUT2D eigenvalue weighted by atomic mass is 10.0. The number of aromatic hydroxyl groups is 1. The minimum atomic E-state index is -0.490. The maximum absolute atomic E-state index is 13.2. The van der Waals surface area contributed by atoms with Crippen LogP contribution in [0.25, 0.3) is 11.1 Å². The highest BCUT2D eigenvalue weighted by Gasteiger charge is 2.05. The molecule has 0 heterocycles. The van der Waals surface area contributed by atoms with E-state index < -0.39 is 5.82 Å². The van der Waals surface area contributed by atoms with Crippen molar-refractivity contribution in [2.24, 2.45) is 0 Å². The molecule has 2 aromatic carbocycles. The molecule has 2 aromatic rings. The van der Waals surface area contributed by atoms with Crippen molar-refractivity contribution in [3.05, 3.63) is 47.2 Å². The highest BCUT2D eigenvalue weighted by Crippen LogP contribution is 2.29. The number of phenols is 1. The van der Waals surface area contributed by atoms with Gasteiger partial charge < -0.3 is 10.8 Å². The molecule has 82 valence electrons. The molecule has 0 saturated heterocycles. The minimum Gasteiger partial charge on any atom is -0.506 e. The maximum Gasteiger partial charge on any atom is 0.142 e. The number of hydrogen-bond donors (Lipinski definition) is 2. The molecule has 0 saturated carbocycles. The van der Waals surface area contributed by atoms with Crippen LogP contribution >= 0.6 is 11.6 Å². The normalized spacial score (nSPS) is 10.4. The Labute approximate surface area is 97.1 Å². The molecule has 2 nitrogen and oxygen atoms in total. The van der Waals surface area contributed by atoms with Gasteiger partial charge in [-0.1, -0.05) is 23.7 Å². The number of anilines is 1. The largest absolute Gasteiger partial charge is 0.506 e. The number of phenolic OH excluding ortho intramolecular Hbond substituents is 1. The monoisotopic (exact) mass is 237 g/mol. The maximum atomic E-state index is 13.2. The van der Waals surface area contributed by atoms with E-state index in [1.807, 2.05) is 0 Å². The van der Waals surface area contributed by atoms with Crippen LogP contribution in [-0.2, 0) is 0 Å². The molecule has 0 atom stereocenters. The van der Waals surface area contributed by atoms with Crippen molar-refractivity contribution in [2.75, 3.05) is 5.73 Å². The van der Waals surface area contributed by atoms with Gasteiger partial charge in [-0.2, -0.15) is 0 Å². The predicted molar refractivity (Wildman–Crippen MR) is 62.9 cm³/mol. The third-order valence-corrected chi connectivity index (χ3v) is 2.59. The number of benzene rings is 2. The second kappa shape index (κ2) is 4.02. The van der Waals surface area contributed by atoms with Crippen LogP contribution < -0.4 is 5.73 Å². The smallest absolute Gasteiger partial charge is 0.142 e. The van der Waals surface area contributed by atoms with Gasteiger partial charge in [-0.05, 0) is 35.4 Å². The number of nitrogens with two attached hydrogens (primary N) is 1. The van der Waals surface area contributed by atoms with Crippen LogP contribution in [-0.4, -0.2) is 5.11 Å². The molecule has 0 bridgehead atoms. The first-order chi connectivity index (χ1) is 7.58. The fourth-order valence-corrected chi connectivity index (χ4v) is 1.52. The zero-order valence-corrected chi connectivity index (χ0v) is 9.00. The highest BCUT2D eigenvalue weighted by molar-refractivity contribution is 6.30. The molecule has 0 aliphatic rings. The third-order valence-electron chi connectivity index (χ3n) is 2.28. The van der Waals surface area contributed by atoms with E-state index in [0.29, 0.717) is 11.1 Å². The van der Waals surface area contributed by atoms with Crippen molar-refractivity contribution in [1.29, 1.82) is 0 Å². The Morgan fingerprint density at radius 1 is 1.06 bits per heavy atom. The van der Waals surface area contributed by atoms with Gasteiger partial charge in [-0.25, -0.2) is 4.39 Å². The van der Waals surface area contributed by atoms with E-state index in [1.54, 1.807) is 18.2 Å². The first kappa shape index (κ1) is 10.8. The summed E-state index contributed by atoms with van der Waals surface area (Å²) in [6.07, 6.45) is 0. The SMILES string of the molecule is Nc1ccc(-c2ccc(Cl)c(F)c2)cc1O. The summed E-state index contributed by atoms with van der Waals surface area (Å²) in [7, 11) is 0. The lowest BCUT2D eigenvalue weighted by Crippen LogP contribution is -1.86. The quantitative estimate of drug-likeness (QED) is 0.590. The molecular weight excluding hydrogens is 229 g/mol. The van der Waals surface area contributed by atoms with E-state index in [4.69, 9.17) is 17.3 Å². The number of rotatable bonds is 1. The molecule has 0 aliphatic heterocycles. The van der Waals surface area contributed by atoms with Gasteiger partial charge in [0.15, 0.2) is 0 Å². The Balaban J connectivity index is 2.50. The molecule has 2 rings (SSSR count). The summed E-state index contributed by atoms with van der Waals surface area (Å²) in [4.78, 5) is 0. The second-order valence-corrected chi connectivity index (χ2v) is 3.81. The van der Waals surface area contributed by atoms with Gasteiger partial charge in [0.2, 0.25) is 0 Å². The number of nitrogen functional groups attached to an aromatic ring is 1. The lowest BCUT2D eigenvalue weighted by molar-refractivity contribution is 0.478. The molecule has 0 amide bonds. The Hall–Kier alpha value is -1.74. The van der Waals surface area contributed by atoms with Crippen molar-refractivity contribution in [2.45, 2.75) is 0 Å². The fraction of sp³-hybridized carbons (Fsp3) is 0. The molecule has 0 fully saturated rings. The van der Waals surface area contributed by atoms with Gasteiger partial charge in [0.05, 0.1) is 10.7 Å². The van der Waals surface area contributed by atoms with E-state index in [2.05, 4.69) is 0 Å². The van der Waals surface area contributed by atoms with Gasteiger partial charge in [0.1, 0.15) is 11.6 Å². The molecule has 0 spiro atoms. The Morgan fingerprint density at radius 3 is 2.31 bits per heavy atom. The van der Waals surface area contributed by atoms with Crippen LogP contribution in [0.3, 0.4) is 0 Å². The average Bonchev–Trinajstić information content (AvgIpc) is 2.26. The van der Waals surface area contributed by atoms with Crippen molar-refractivity contribution in [3.63, 3.8) is 0 Å². The zero-order chi connectivity index (χ0) is 11.7. The minimum absolute atomic E-state index is 0.0205. The molecule has 0 unspecified atom stereocenters. The van der Waals surface area contributed by atoms with E-state index in [1.165, 1.54) is 18.2 Å². The zero-order valence-electron chi connectivity index (χ0n) is 8.24. The first-order valence-electron chi connectivity index (χ1n) is 4.62. The van der Waals surface area contributed by atoms with Gasteiger partial charge in [-0.15, -0.1) is 0 Å². The summed E-state index contributed by atoms with van der Waals surface area (Å²) in [6.45, 7) is 0. The van der Waals surface area contributed by atoms with Crippen molar-refractivity contribution in [3.8, 4) is 16.9 Å². The van der Waals surface area contributed by atoms with Gasteiger partial charge >= 0.3 is 0 Å². The number of halogens is 2. The molecule has 0 radical (unpaired) electrons. The van der Waals surface area contributed by atoms with Crippen LogP contribution in [0.1, 0.15) is 0 Å². The Bertz CT molecular complexity index is 493. The van der Waals surface area contributed by atoms with Crippen molar-refractivity contribution >= 4 is 17.3 Å². The fourth-order valence-electron chi connectivity index (χ4n) is 1.40. The summed E-state index contributed by atoms with van der Waals surface area (Å²) in [6, 6.07) is 9.22. The molecule has 16 heavy (non-hydrogen) atoms. The van der Waals surface area contributed by atoms with Crippen molar-refractivity contribution < 1.29 is 9.50 Å². The molecule has 3 N–H and O–H groups in total. The lowest BCUT2D eigenvalue weighted by Gasteiger charge is -2.05. The van der Waals surface area contributed by atoms with Crippen LogP contribution in [0.4, 0.5) is 10.1 Å². The van der Waals surface area contributed by atoms with Crippen LogP contribution in [0.15, 0.2) is 36.4 Å². The molecule has 0 aliphatic carbocycles. The summed E-state index contributed by atoms with van der Waals surface area (Å²) in [5.74, 6) is -0.511. The van der Waals surface area contributed by atoms with E-state index in [-0.39, 0.29) is 16.5 Å². The van der Waals surface area contributed by atoms with Crippen molar-refractivity contribution in [1.82, 2.24) is 0 Å². The Morgan fingerprint density at radius 2 is 1.69 bits per heavy atom. The Kier molecular flexibility index (Phi) is 2.71. The third kappa shape index (κ3) is 1.95. The van der Waals surface area contributed by atoms with Gasteiger partial charge in [0.25, 0.3) is 0 Å². The molecule has 0 aromatic heterocycles. The first-order valence-corrected chi connectivity index (χ1v) is 4.99. The summed E-state index contributed by atoms with van der Waals surface area (Å²) in [5.41, 5.74) is 7.08.